The van der Waals surface area contributed by atoms with Crippen LogP contribution in [0, 0.1) is 5.41 Å². The molecule has 1 saturated carbocycles. The van der Waals surface area contributed by atoms with Crippen LogP contribution < -0.4 is 11.1 Å². The fourth-order valence-electron chi connectivity index (χ4n) is 2.58. The van der Waals surface area contributed by atoms with Gasteiger partial charge >= 0.3 is 0 Å². The first-order valence-electron chi connectivity index (χ1n) is 7.37. The summed E-state index contributed by atoms with van der Waals surface area (Å²) in [6.07, 6.45) is 3.49. The van der Waals surface area contributed by atoms with Gasteiger partial charge in [-0.15, -0.1) is 0 Å². The molecule has 0 spiro atoms. The van der Waals surface area contributed by atoms with Crippen molar-refractivity contribution >= 4 is 5.69 Å². The van der Waals surface area contributed by atoms with Gasteiger partial charge in [-0.05, 0) is 48.4 Å². The van der Waals surface area contributed by atoms with Gasteiger partial charge in [-0.1, -0.05) is 48.5 Å². The zero-order valence-electron chi connectivity index (χ0n) is 11.8. The van der Waals surface area contributed by atoms with E-state index in [9.17, 15) is 0 Å². The Kier molecular flexibility index (Phi) is 3.75. The largest absolute Gasteiger partial charge is 0.384 e. The van der Waals surface area contributed by atoms with Crippen LogP contribution in [0.1, 0.15) is 24.0 Å². The third-order valence-corrected chi connectivity index (χ3v) is 4.30. The average molecular weight is 266 g/mol. The molecule has 0 saturated heterocycles. The molecule has 0 atom stereocenters. The maximum Gasteiger partial charge on any atom is 0.0376 e. The van der Waals surface area contributed by atoms with Gasteiger partial charge in [-0.3, -0.25) is 0 Å². The van der Waals surface area contributed by atoms with Crippen molar-refractivity contribution in [2.24, 2.45) is 11.1 Å². The molecule has 0 amide bonds. The molecular formula is C18H22N2. The zero-order valence-corrected chi connectivity index (χ0v) is 11.8. The van der Waals surface area contributed by atoms with Crippen molar-refractivity contribution in [2.45, 2.75) is 19.3 Å². The lowest BCUT2D eigenvalue weighted by molar-refractivity contribution is 0.555. The molecule has 3 N–H and O–H groups in total. The molecular weight excluding hydrogens is 244 g/mol. The second-order valence-corrected chi connectivity index (χ2v) is 5.88. The molecule has 3 rings (SSSR count). The lowest BCUT2D eigenvalue weighted by Gasteiger charge is -2.17. The quantitative estimate of drug-likeness (QED) is 0.840. The molecule has 20 heavy (non-hydrogen) atoms. The van der Waals surface area contributed by atoms with Gasteiger partial charge < -0.3 is 11.1 Å². The highest BCUT2D eigenvalue weighted by atomic mass is 14.9. The summed E-state index contributed by atoms with van der Waals surface area (Å²) in [4.78, 5) is 0. The lowest BCUT2D eigenvalue weighted by atomic mass is 10.0. The molecule has 0 bridgehead atoms. The van der Waals surface area contributed by atoms with Crippen LogP contribution in [0.15, 0.2) is 54.6 Å². The highest BCUT2D eigenvalue weighted by molar-refractivity contribution is 5.53. The van der Waals surface area contributed by atoms with Crippen LogP contribution in [0.25, 0.3) is 0 Å². The third-order valence-electron chi connectivity index (χ3n) is 4.30. The predicted molar refractivity (Wildman–Crippen MR) is 84.9 cm³/mol. The molecule has 2 aromatic carbocycles. The zero-order chi connectivity index (χ0) is 13.8. The van der Waals surface area contributed by atoms with Crippen molar-refractivity contribution in [3.63, 3.8) is 0 Å². The van der Waals surface area contributed by atoms with E-state index in [1.165, 1.54) is 29.7 Å². The molecule has 1 fully saturated rings. The minimum Gasteiger partial charge on any atom is -0.384 e. The fourth-order valence-corrected chi connectivity index (χ4v) is 2.58. The summed E-state index contributed by atoms with van der Waals surface area (Å²) in [5.41, 5.74) is 10.2. The van der Waals surface area contributed by atoms with E-state index in [2.05, 4.69) is 59.9 Å². The summed E-state index contributed by atoms with van der Waals surface area (Å²) < 4.78 is 0. The molecule has 2 aromatic rings. The van der Waals surface area contributed by atoms with Crippen molar-refractivity contribution in [2.75, 3.05) is 18.4 Å². The average Bonchev–Trinajstić information content (AvgIpc) is 3.28. The summed E-state index contributed by atoms with van der Waals surface area (Å²) in [6, 6.07) is 19.2. The number of hydrogen-bond acceptors (Lipinski definition) is 2. The summed E-state index contributed by atoms with van der Waals surface area (Å²) in [5.74, 6) is 0. The molecule has 2 nitrogen and oxygen atoms in total. The van der Waals surface area contributed by atoms with Crippen LogP contribution in [0.3, 0.4) is 0 Å². The molecule has 0 heterocycles. The second kappa shape index (κ2) is 5.68. The monoisotopic (exact) mass is 266 g/mol. The van der Waals surface area contributed by atoms with Gasteiger partial charge in [0, 0.05) is 12.2 Å². The van der Waals surface area contributed by atoms with E-state index in [4.69, 9.17) is 5.73 Å². The SMILES string of the molecule is NCC1(CNc2ccccc2Cc2ccccc2)CC1. The van der Waals surface area contributed by atoms with Crippen molar-refractivity contribution in [3.05, 3.63) is 65.7 Å². The smallest absolute Gasteiger partial charge is 0.0376 e. The minimum atomic E-state index is 0.361. The van der Waals surface area contributed by atoms with Crippen LogP contribution in [-0.2, 0) is 6.42 Å². The van der Waals surface area contributed by atoms with Gasteiger partial charge in [0.25, 0.3) is 0 Å². The van der Waals surface area contributed by atoms with Crippen LogP contribution in [0.5, 0.6) is 0 Å². The summed E-state index contributed by atoms with van der Waals surface area (Å²) in [5, 5.41) is 3.61. The molecule has 104 valence electrons. The minimum absolute atomic E-state index is 0.361. The van der Waals surface area contributed by atoms with E-state index >= 15 is 0 Å². The van der Waals surface area contributed by atoms with E-state index in [0.29, 0.717) is 5.41 Å². The predicted octanol–water partition coefficient (Wildman–Crippen LogP) is 3.43. The van der Waals surface area contributed by atoms with E-state index in [1.54, 1.807) is 0 Å². The van der Waals surface area contributed by atoms with Gasteiger partial charge in [0.1, 0.15) is 0 Å². The number of nitrogens with one attached hydrogen (secondary N) is 1. The van der Waals surface area contributed by atoms with Crippen LogP contribution >= 0.6 is 0 Å². The normalized spacial score (nSPS) is 15.8. The Morgan fingerprint density at radius 1 is 0.950 bits per heavy atom. The first-order chi connectivity index (χ1) is 9.81. The number of rotatable bonds is 6. The van der Waals surface area contributed by atoms with Crippen molar-refractivity contribution in [1.82, 2.24) is 0 Å². The fraction of sp³-hybridized carbons (Fsp3) is 0.333. The third kappa shape index (κ3) is 3.02. The number of hydrogen-bond donors (Lipinski definition) is 2. The Morgan fingerprint density at radius 3 is 2.35 bits per heavy atom. The Morgan fingerprint density at radius 2 is 1.65 bits per heavy atom. The molecule has 0 aromatic heterocycles. The van der Waals surface area contributed by atoms with E-state index in [0.717, 1.165) is 19.5 Å². The first kappa shape index (κ1) is 13.2. The van der Waals surface area contributed by atoms with Crippen LogP contribution in [0.2, 0.25) is 0 Å². The first-order valence-corrected chi connectivity index (χ1v) is 7.37. The maximum atomic E-state index is 5.85. The van der Waals surface area contributed by atoms with E-state index in [-0.39, 0.29) is 0 Å². The number of para-hydroxylation sites is 1. The number of benzene rings is 2. The van der Waals surface area contributed by atoms with Crippen LogP contribution in [-0.4, -0.2) is 13.1 Å². The van der Waals surface area contributed by atoms with Crippen LogP contribution in [0.4, 0.5) is 5.69 Å². The number of anilines is 1. The van der Waals surface area contributed by atoms with Gasteiger partial charge in [0.05, 0.1) is 0 Å². The standard InChI is InChI=1S/C18H22N2/c19-13-18(10-11-18)14-20-17-9-5-4-8-16(17)12-15-6-2-1-3-7-15/h1-9,20H,10-14,19H2. The van der Waals surface area contributed by atoms with Gasteiger partial charge in [-0.2, -0.15) is 0 Å². The van der Waals surface area contributed by atoms with E-state index in [1.807, 2.05) is 0 Å². The van der Waals surface area contributed by atoms with Crippen molar-refractivity contribution in [1.29, 1.82) is 0 Å². The van der Waals surface area contributed by atoms with Gasteiger partial charge in [-0.25, -0.2) is 0 Å². The topological polar surface area (TPSA) is 38.0 Å². The summed E-state index contributed by atoms with van der Waals surface area (Å²) in [6.45, 7) is 1.79. The molecule has 0 aliphatic heterocycles. The van der Waals surface area contributed by atoms with Gasteiger partial charge in [0.15, 0.2) is 0 Å². The molecule has 0 unspecified atom stereocenters. The lowest BCUT2D eigenvalue weighted by Crippen LogP contribution is -2.24. The number of nitrogens with two attached hydrogens (primary N) is 1. The molecule has 2 heteroatoms. The Hall–Kier alpha value is -1.80. The highest BCUT2D eigenvalue weighted by Crippen LogP contribution is 2.44. The summed E-state index contributed by atoms with van der Waals surface area (Å²) in [7, 11) is 0. The van der Waals surface area contributed by atoms with E-state index < -0.39 is 0 Å². The van der Waals surface area contributed by atoms with Crippen molar-refractivity contribution in [3.8, 4) is 0 Å². The van der Waals surface area contributed by atoms with Crippen molar-refractivity contribution < 1.29 is 0 Å². The maximum absolute atomic E-state index is 5.85. The highest BCUT2D eigenvalue weighted by Gasteiger charge is 2.40. The molecule has 0 radical (unpaired) electrons. The summed E-state index contributed by atoms with van der Waals surface area (Å²) >= 11 is 0. The second-order valence-electron chi connectivity index (χ2n) is 5.88. The molecule has 1 aliphatic rings. The molecule has 1 aliphatic carbocycles. The Bertz CT molecular complexity index is 559. The Balaban J connectivity index is 1.71. The van der Waals surface area contributed by atoms with Gasteiger partial charge in [0.2, 0.25) is 0 Å². The Labute approximate surface area is 121 Å².